The fraction of sp³-hybridized carbons (Fsp3) is 0. The lowest BCUT2D eigenvalue weighted by Gasteiger charge is -2.08. The molecule has 0 unspecified atom stereocenters. The van der Waals surface area contributed by atoms with Crippen molar-refractivity contribution < 1.29 is 27.1 Å². The first-order chi connectivity index (χ1) is 9.78. The minimum atomic E-state index is -4.29. The predicted molar refractivity (Wildman–Crippen MR) is 68.4 cm³/mol. The second-order valence-electron chi connectivity index (χ2n) is 3.92. The molecule has 0 aliphatic heterocycles. The highest BCUT2D eigenvalue weighted by atomic mass is 32.2. The number of aromatic nitrogens is 1. The van der Waals surface area contributed by atoms with Crippen LogP contribution in [0.1, 0.15) is 10.5 Å². The molecule has 1 aromatic heterocycles. The van der Waals surface area contributed by atoms with Gasteiger partial charge in [0.2, 0.25) is 0 Å². The summed E-state index contributed by atoms with van der Waals surface area (Å²) in [5.41, 5.74) is -0.374. The summed E-state index contributed by atoms with van der Waals surface area (Å²) in [4.78, 5) is 13.7. The largest absolute Gasteiger partial charge is 0.477 e. The number of hydrogen-bond acceptors (Lipinski definition) is 4. The van der Waals surface area contributed by atoms with Crippen molar-refractivity contribution in [3.05, 3.63) is 53.7 Å². The second-order valence-corrected chi connectivity index (χ2v) is 5.61. The number of benzene rings is 1. The number of carbonyl (C=O) groups is 1. The van der Waals surface area contributed by atoms with Gasteiger partial charge in [0.15, 0.2) is 5.69 Å². The fourth-order valence-corrected chi connectivity index (χ4v) is 2.53. The Morgan fingerprint density at radius 2 is 1.76 bits per heavy atom. The van der Waals surface area contributed by atoms with Gasteiger partial charge in [0.1, 0.15) is 17.5 Å². The first-order valence-electron chi connectivity index (χ1n) is 5.47. The number of nitrogens with zero attached hydrogens (tertiary/aromatic N) is 1. The number of anilines is 1. The predicted octanol–water partition coefficient (Wildman–Crippen LogP) is 1.86. The van der Waals surface area contributed by atoms with Crippen LogP contribution in [-0.4, -0.2) is 24.5 Å². The van der Waals surface area contributed by atoms with E-state index < -0.39 is 32.5 Å². The highest BCUT2D eigenvalue weighted by molar-refractivity contribution is 7.92. The standard InChI is InChI=1S/C12H8F2N2O4S/c13-7-4-8(14)6-9(5-7)21(19,20)16-11-3-1-2-10(15-11)12(17)18/h1-6H,(H,15,16)(H,17,18). The summed E-state index contributed by atoms with van der Waals surface area (Å²) in [6.07, 6.45) is 0. The third-order valence-corrected chi connectivity index (χ3v) is 3.69. The molecule has 0 saturated carbocycles. The number of aromatic carboxylic acids is 1. The van der Waals surface area contributed by atoms with Crippen LogP contribution in [0, 0.1) is 11.6 Å². The molecule has 0 radical (unpaired) electrons. The van der Waals surface area contributed by atoms with E-state index in [1.54, 1.807) is 0 Å². The molecule has 6 nitrogen and oxygen atoms in total. The van der Waals surface area contributed by atoms with Gasteiger partial charge in [0, 0.05) is 6.07 Å². The molecule has 110 valence electrons. The Bertz CT molecular complexity index is 788. The molecule has 0 atom stereocenters. The molecule has 2 aromatic rings. The number of hydrogen-bond donors (Lipinski definition) is 2. The lowest BCUT2D eigenvalue weighted by molar-refractivity contribution is 0.0690. The molecule has 0 aliphatic rings. The van der Waals surface area contributed by atoms with E-state index in [-0.39, 0.29) is 11.5 Å². The maximum atomic E-state index is 13.0. The van der Waals surface area contributed by atoms with Crippen LogP contribution in [0.4, 0.5) is 14.6 Å². The molecule has 21 heavy (non-hydrogen) atoms. The molecule has 2 rings (SSSR count). The monoisotopic (exact) mass is 314 g/mol. The number of nitrogens with one attached hydrogen (secondary N) is 1. The van der Waals surface area contributed by atoms with Gasteiger partial charge < -0.3 is 5.11 Å². The van der Waals surface area contributed by atoms with Crippen molar-refractivity contribution in [2.45, 2.75) is 4.90 Å². The SMILES string of the molecule is O=C(O)c1cccc(NS(=O)(=O)c2cc(F)cc(F)c2)n1. The number of carboxylic acids is 1. The van der Waals surface area contributed by atoms with Crippen molar-refractivity contribution in [1.29, 1.82) is 0 Å². The summed E-state index contributed by atoms with van der Waals surface area (Å²) in [6, 6.07) is 5.45. The van der Waals surface area contributed by atoms with Crippen LogP contribution in [-0.2, 0) is 10.0 Å². The van der Waals surface area contributed by atoms with Gasteiger partial charge >= 0.3 is 5.97 Å². The smallest absolute Gasteiger partial charge is 0.354 e. The molecule has 1 aromatic carbocycles. The van der Waals surface area contributed by atoms with Gasteiger partial charge in [-0.3, -0.25) is 4.72 Å². The Labute approximate surface area is 118 Å². The molecule has 9 heteroatoms. The van der Waals surface area contributed by atoms with Crippen LogP contribution in [0.2, 0.25) is 0 Å². The van der Waals surface area contributed by atoms with Crippen LogP contribution in [0.5, 0.6) is 0 Å². The number of halogens is 2. The van der Waals surface area contributed by atoms with E-state index in [4.69, 9.17) is 5.11 Å². The van der Waals surface area contributed by atoms with E-state index in [2.05, 4.69) is 4.98 Å². The molecule has 0 bridgehead atoms. The number of pyridine rings is 1. The van der Waals surface area contributed by atoms with Gasteiger partial charge in [-0.15, -0.1) is 0 Å². The lowest BCUT2D eigenvalue weighted by atomic mass is 10.3. The van der Waals surface area contributed by atoms with E-state index in [9.17, 15) is 22.0 Å². The van der Waals surface area contributed by atoms with Crippen molar-refractivity contribution in [3.63, 3.8) is 0 Å². The van der Waals surface area contributed by atoms with E-state index in [1.165, 1.54) is 18.2 Å². The zero-order valence-corrected chi connectivity index (χ0v) is 11.1. The van der Waals surface area contributed by atoms with Crippen LogP contribution in [0.15, 0.2) is 41.3 Å². The van der Waals surface area contributed by atoms with Crippen LogP contribution in [0.25, 0.3) is 0 Å². The van der Waals surface area contributed by atoms with Crippen molar-refractivity contribution in [1.82, 2.24) is 4.98 Å². The lowest BCUT2D eigenvalue weighted by Crippen LogP contribution is -2.15. The van der Waals surface area contributed by atoms with Crippen molar-refractivity contribution in [2.24, 2.45) is 0 Å². The second kappa shape index (κ2) is 5.44. The van der Waals surface area contributed by atoms with E-state index >= 15 is 0 Å². The summed E-state index contributed by atoms with van der Waals surface area (Å²) in [7, 11) is -4.29. The van der Waals surface area contributed by atoms with Gasteiger partial charge in [0.25, 0.3) is 10.0 Å². The molecule has 0 saturated heterocycles. The number of rotatable bonds is 4. The quantitative estimate of drug-likeness (QED) is 0.898. The zero-order chi connectivity index (χ0) is 15.6. The maximum Gasteiger partial charge on any atom is 0.354 e. The van der Waals surface area contributed by atoms with Crippen molar-refractivity contribution in [2.75, 3.05) is 4.72 Å². The van der Waals surface area contributed by atoms with Crippen LogP contribution in [0.3, 0.4) is 0 Å². The molecule has 1 heterocycles. The highest BCUT2D eigenvalue weighted by Gasteiger charge is 2.18. The Morgan fingerprint density at radius 3 is 2.33 bits per heavy atom. The highest BCUT2D eigenvalue weighted by Crippen LogP contribution is 2.17. The fourth-order valence-electron chi connectivity index (χ4n) is 1.49. The Balaban J connectivity index is 2.37. The molecular formula is C12H8F2N2O4S. The van der Waals surface area contributed by atoms with Gasteiger partial charge in [-0.05, 0) is 24.3 Å². The van der Waals surface area contributed by atoms with E-state index in [1.807, 2.05) is 4.72 Å². The summed E-state index contributed by atoms with van der Waals surface area (Å²) in [6.45, 7) is 0. The minimum Gasteiger partial charge on any atom is -0.477 e. The summed E-state index contributed by atoms with van der Waals surface area (Å²) >= 11 is 0. The molecular weight excluding hydrogens is 306 g/mol. The van der Waals surface area contributed by atoms with Gasteiger partial charge in [0.05, 0.1) is 4.90 Å². The van der Waals surface area contributed by atoms with Crippen LogP contribution >= 0.6 is 0 Å². The number of carboxylic acid groups (broad SMARTS) is 1. The van der Waals surface area contributed by atoms with Gasteiger partial charge in [-0.1, -0.05) is 6.07 Å². The van der Waals surface area contributed by atoms with E-state index in [0.29, 0.717) is 18.2 Å². The molecule has 0 amide bonds. The molecule has 2 N–H and O–H groups in total. The molecule has 0 aliphatic carbocycles. The van der Waals surface area contributed by atoms with Crippen LogP contribution < -0.4 is 4.72 Å². The summed E-state index contributed by atoms with van der Waals surface area (Å²) in [5.74, 6) is -3.72. The molecule has 0 spiro atoms. The summed E-state index contributed by atoms with van der Waals surface area (Å²) < 4.78 is 51.9. The average Bonchev–Trinajstić information content (AvgIpc) is 2.37. The summed E-state index contributed by atoms with van der Waals surface area (Å²) in [5, 5.41) is 8.76. The van der Waals surface area contributed by atoms with Crippen molar-refractivity contribution >= 4 is 21.8 Å². The minimum absolute atomic E-state index is 0.278. The van der Waals surface area contributed by atoms with E-state index in [0.717, 1.165) is 0 Å². The third kappa shape index (κ3) is 3.51. The average molecular weight is 314 g/mol. The normalized spacial score (nSPS) is 11.1. The zero-order valence-electron chi connectivity index (χ0n) is 10.2. The third-order valence-electron chi connectivity index (χ3n) is 2.35. The van der Waals surface area contributed by atoms with Crippen molar-refractivity contribution in [3.8, 4) is 0 Å². The molecule has 0 fully saturated rings. The Morgan fingerprint density at radius 1 is 1.14 bits per heavy atom. The first-order valence-corrected chi connectivity index (χ1v) is 6.95. The Hall–Kier alpha value is -2.55. The van der Waals surface area contributed by atoms with Gasteiger partial charge in [-0.25, -0.2) is 27.0 Å². The Kier molecular flexibility index (Phi) is 3.85. The van der Waals surface area contributed by atoms with Gasteiger partial charge in [-0.2, -0.15) is 0 Å². The maximum absolute atomic E-state index is 13.0. The topological polar surface area (TPSA) is 96.4 Å². The first kappa shape index (κ1) is 14.9. The number of sulfonamides is 1.